The third-order valence-corrected chi connectivity index (χ3v) is 5.19. The molecular weight excluding hydrogens is 485 g/mol. The summed E-state index contributed by atoms with van der Waals surface area (Å²) in [5.74, 6) is -1.69. The summed E-state index contributed by atoms with van der Waals surface area (Å²) in [5.41, 5.74) is 2.86. The van der Waals surface area contributed by atoms with Gasteiger partial charge in [0.2, 0.25) is 0 Å². The van der Waals surface area contributed by atoms with E-state index >= 15 is 0 Å². The average molecular weight is 507 g/mol. The molecule has 0 aliphatic heterocycles. The number of benzene rings is 3. The summed E-state index contributed by atoms with van der Waals surface area (Å²) in [5, 5.41) is 11.8. The molecule has 0 unspecified atom stereocenters. The van der Waals surface area contributed by atoms with Gasteiger partial charge in [0, 0.05) is 35.9 Å². The first-order valence-electron chi connectivity index (χ1n) is 10.5. The summed E-state index contributed by atoms with van der Waals surface area (Å²) in [6.07, 6.45) is -4.94. The van der Waals surface area contributed by atoms with E-state index in [0.717, 1.165) is 16.8 Å². The van der Waals surface area contributed by atoms with Gasteiger partial charge in [-0.1, -0.05) is 35.9 Å². The van der Waals surface area contributed by atoms with E-state index < -0.39 is 12.3 Å². The molecule has 35 heavy (non-hydrogen) atoms. The minimum Gasteiger partial charge on any atom is -0.481 e. The van der Waals surface area contributed by atoms with E-state index in [-0.39, 0.29) is 24.6 Å². The third-order valence-electron chi connectivity index (χ3n) is 4.94. The van der Waals surface area contributed by atoms with Crippen molar-refractivity contribution < 1.29 is 32.6 Å². The standard InChI is InChI=1S/C25H22ClF3N2O4/c26-20-7-1-17(2-8-20)15-31(16-18-3-11-22(12-4-18)35-25(27,28)29)21-9-5-19(6-10-21)24(34)30-14-13-23(32)33/h1-12H,13-16H2,(H,30,34)(H,32,33). The molecule has 0 spiro atoms. The highest BCUT2D eigenvalue weighted by Crippen LogP contribution is 2.25. The lowest BCUT2D eigenvalue weighted by molar-refractivity contribution is -0.274. The molecule has 0 atom stereocenters. The second-order valence-electron chi connectivity index (χ2n) is 7.62. The van der Waals surface area contributed by atoms with E-state index in [9.17, 15) is 22.8 Å². The molecule has 0 aliphatic rings. The van der Waals surface area contributed by atoms with Crippen molar-refractivity contribution in [2.45, 2.75) is 25.9 Å². The Balaban J connectivity index is 1.77. The molecule has 0 aromatic heterocycles. The number of hydrogen-bond donors (Lipinski definition) is 2. The highest BCUT2D eigenvalue weighted by Gasteiger charge is 2.31. The van der Waals surface area contributed by atoms with Gasteiger partial charge >= 0.3 is 12.3 Å². The van der Waals surface area contributed by atoms with Gasteiger partial charge in [-0.25, -0.2) is 0 Å². The SMILES string of the molecule is O=C(O)CCNC(=O)c1ccc(N(Cc2ccc(Cl)cc2)Cc2ccc(OC(F)(F)F)cc2)cc1. The first-order chi connectivity index (χ1) is 16.6. The Morgan fingerprint density at radius 1 is 0.886 bits per heavy atom. The molecule has 3 aromatic carbocycles. The van der Waals surface area contributed by atoms with Crippen LogP contribution in [0.25, 0.3) is 0 Å². The number of ether oxygens (including phenoxy) is 1. The predicted molar refractivity (Wildman–Crippen MR) is 125 cm³/mol. The van der Waals surface area contributed by atoms with Gasteiger partial charge in [-0.05, 0) is 59.7 Å². The molecule has 2 N–H and O–H groups in total. The molecule has 0 aliphatic carbocycles. The smallest absolute Gasteiger partial charge is 0.481 e. The number of nitrogens with zero attached hydrogens (tertiary/aromatic N) is 1. The summed E-state index contributed by atoms with van der Waals surface area (Å²) in [4.78, 5) is 24.8. The largest absolute Gasteiger partial charge is 0.573 e. The minimum atomic E-state index is -4.76. The Morgan fingerprint density at radius 2 is 1.43 bits per heavy atom. The number of hydrogen-bond acceptors (Lipinski definition) is 4. The van der Waals surface area contributed by atoms with E-state index in [4.69, 9.17) is 16.7 Å². The van der Waals surface area contributed by atoms with Crippen LogP contribution in [0.4, 0.5) is 18.9 Å². The zero-order chi connectivity index (χ0) is 25.4. The molecule has 3 aromatic rings. The van der Waals surface area contributed by atoms with Crippen molar-refractivity contribution >= 4 is 29.2 Å². The van der Waals surface area contributed by atoms with Crippen LogP contribution >= 0.6 is 11.6 Å². The summed E-state index contributed by atoms with van der Waals surface area (Å²) in [6, 6.07) is 19.7. The molecule has 3 rings (SSSR count). The molecule has 0 heterocycles. The van der Waals surface area contributed by atoms with Gasteiger partial charge in [0.1, 0.15) is 5.75 Å². The Hall–Kier alpha value is -3.72. The Morgan fingerprint density at radius 3 is 1.94 bits per heavy atom. The fourth-order valence-corrected chi connectivity index (χ4v) is 3.40. The quantitative estimate of drug-likeness (QED) is 0.371. The second kappa shape index (κ2) is 11.6. The van der Waals surface area contributed by atoms with Crippen LogP contribution in [-0.2, 0) is 17.9 Å². The number of carbonyl (C=O) groups excluding carboxylic acids is 1. The summed E-state index contributed by atoms with van der Waals surface area (Å²) in [6.45, 7) is 0.869. The number of carbonyl (C=O) groups is 2. The maximum atomic E-state index is 12.4. The molecule has 0 fully saturated rings. The maximum absolute atomic E-state index is 12.4. The van der Waals surface area contributed by atoms with Gasteiger partial charge in [-0.3, -0.25) is 9.59 Å². The average Bonchev–Trinajstić information content (AvgIpc) is 2.80. The lowest BCUT2D eigenvalue weighted by atomic mass is 10.1. The maximum Gasteiger partial charge on any atom is 0.573 e. The lowest BCUT2D eigenvalue weighted by Crippen LogP contribution is -2.26. The molecule has 0 radical (unpaired) electrons. The van der Waals surface area contributed by atoms with Crippen molar-refractivity contribution in [3.63, 3.8) is 0 Å². The van der Waals surface area contributed by atoms with Crippen LogP contribution in [0.3, 0.4) is 0 Å². The van der Waals surface area contributed by atoms with Gasteiger partial charge in [0.05, 0.1) is 6.42 Å². The first-order valence-corrected chi connectivity index (χ1v) is 10.9. The Labute approximate surface area is 204 Å². The molecule has 6 nitrogen and oxygen atoms in total. The highest BCUT2D eigenvalue weighted by molar-refractivity contribution is 6.30. The summed E-state index contributed by atoms with van der Waals surface area (Å²) in [7, 11) is 0. The molecule has 0 saturated heterocycles. The van der Waals surface area contributed by atoms with Gasteiger partial charge < -0.3 is 20.1 Å². The van der Waals surface area contributed by atoms with Crippen molar-refractivity contribution in [3.05, 3.63) is 94.5 Å². The predicted octanol–water partition coefficient (Wildman–Crippen LogP) is 5.65. The van der Waals surface area contributed by atoms with Crippen LogP contribution in [0.2, 0.25) is 5.02 Å². The van der Waals surface area contributed by atoms with Gasteiger partial charge in [0.25, 0.3) is 5.91 Å². The van der Waals surface area contributed by atoms with Crippen LogP contribution in [0.5, 0.6) is 5.75 Å². The number of amides is 1. The van der Waals surface area contributed by atoms with Gasteiger partial charge in [-0.15, -0.1) is 13.2 Å². The fraction of sp³-hybridized carbons (Fsp3) is 0.200. The number of anilines is 1. The van der Waals surface area contributed by atoms with E-state index in [1.54, 1.807) is 48.5 Å². The van der Waals surface area contributed by atoms with E-state index in [0.29, 0.717) is 23.7 Å². The van der Waals surface area contributed by atoms with E-state index in [2.05, 4.69) is 10.1 Å². The topological polar surface area (TPSA) is 78.9 Å². The second-order valence-corrected chi connectivity index (χ2v) is 8.06. The highest BCUT2D eigenvalue weighted by atomic mass is 35.5. The molecule has 0 bridgehead atoms. The van der Waals surface area contributed by atoms with Gasteiger partial charge in [0.15, 0.2) is 0 Å². The zero-order valence-corrected chi connectivity index (χ0v) is 19.1. The van der Waals surface area contributed by atoms with Crippen LogP contribution in [0, 0.1) is 0 Å². The molecule has 184 valence electrons. The lowest BCUT2D eigenvalue weighted by Gasteiger charge is -2.26. The van der Waals surface area contributed by atoms with Crippen molar-refractivity contribution in [1.29, 1.82) is 0 Å². The first kappa shape index (κ1) is 25.9. The number of aliphatic carboxylic acids is 1. The monoisotopic (exact) mass is 506 g/mol. The van der Waals surface area contributed by atoms with Crippen LogP contribution in [0.15, 0.2) is 72.8 Å². The van der Waals surface area contributed by atoms with Crippen molar-refractivity contribution in [2.24, 2.45) is 0 Å². The fourth-order valence-electron chi connectivity index (χ4n) is 3.27. The zero-order valence-electron chi connectivity index (χ0n) is 18.4. The van der Waals surface area contributed by atoms with E-state index in [1.807, 2.05) is 17.0 Å². The molecule has 1 amide bonds. The van der Waals surface area contributed by atoms with Crippen molar-refractivity contribution in [2.75, 3.05) is 11.4 Å². The number of halogens is 4. The van der Waals surface area contributed by atoms with Crippen LogP contribution in [0.1, 0.15) is 27.9 Å². The summed E-state index contributed by atoms with van der Waals surface area (Å²) < 4.78 is 41.3. The van der Waals surface area contributed by atoms with E-state index in [1.165, 1.54) is 12.1 Å². The number of carboxylic acid groups (broad SMARTS) is 1. The van der Waals surface area contributed by atoms with Crippen molar-refractivity contribution in [1.82, 2.24) is 5.32 Å². The summed E-state index contributed by atoms with van der Waals surface area (Å²) >= 11 is 5.98. The molecule has 0 saturated carbocycles. The Kier molecular flexibility index (Phi) is 8.59. The molecule has 10 heteroatoms. The third kappa shape index (κ3) is 8.53. The normalized spacial score (nSPS) is 11.1. The van der Waals surface area contributed by atoms with Crippen LogP contribution < -0.4 is 15.0 Å². The Bertz CT molecular complexity index is 1140. The molecular formula is C25H22ClF3N2O4. The van der Waals surface area contributed by atoms with Crippen molar-refractivity contribution in [3.8, 4) is 5.75 Å². The number of rotatable bonds is 10. The number of nitrogens with one attached hydrogen (secondary N) is 1. The van der Waals surface area contributed by atoms with Gasteiger partial charge in [-0.2, -0.15) is 0 Å². The number of carboxylic acids is 1. The number of alkyl halides is 3. The van der Waals surface area contributed by atoms with Crippen LogP contribution in [-0.4, -0.2) is 29.9 Å². The minimum absolute atomic E-state index is 0.0205.